The number of alkyl halides is 3. The number of halogens is 3. The van der Waals surface area contributed by atoms with Gasteiger partial charge in [0.05, 0.1) is 0 Å². The average molecular weight is 266 g/mol. The molecule has 1 rings (SSSR count). The van der Waals surface area contributed by atoms with E-state index in [1.165, 1.54) is 0 Å². The normalized spacial score (nSPS) is 21.2. The van der Waals surface area contributed by atoms with Gasteiger partial charge in [-0.05, 0) is 64.6 Å². The topological polar surface area (TPSA) is 29.3 Å². The van der Waals surface area contributed by atoms with Gasteiger partial charge in [-0.25, -0.2) is 0 Å². The Morgan fingerprint density at radius 1 is 1.28 bits per heavy atom. The van der Waals surface area contributed by atoms with Crippen LogP contribution in [0.5, 0.6) is 0 Å². The Bertz CT molecular complexity index is 223. The van der Waals surface area contributed by atoms with Crippen LogP contribution in [0.25, 0.3) is 0 Å². The third-order valence-electron chi connectivity index (χ3n) is 3.93. The molecule has 108 valence electrons. The first-order valence-corrected chi connectivity index (χ1v) is 6.93. The summed E-state index contributed by atoms with van der Waals surface area (Å²) in [6, 6.07) is 0.270. The maximum Gasteiger partial charge on any atom is 0.389 e. The van der Waals surface area contributed by atoms with Crippen LogP contribution in [0.1, 0.15) is 45.4 Å². The monoisotopic (exact) mass is 266 g/mol. The van der Waals surface area contributed by atoms with Crippen molar-refractivity contribution in [1.29, 1.82) is 0 Å². The standard InChI is InChI=1S/C13H25F3N2/c1-11(3-2-7-13(14,15)16)18-9-5-12(4-8-17)6-10-18/h11-12H,2-10,17H2,1H3. The lowest BCUT2D eigenvalue weighted by atomic mass is 9.92. The van der Waals surface area contributed by atoms with Crippen molar-refractivity contribution >= 4 is 0 Å². The van der Waals surface area contributed by atoms with Crippen LogP contribution in [0.3, 0.4) is 0 Å². The zero-order chi connectivity index (χ0) is 13.6. The fourth-order valence-corrected chi connectivity index (χ4v) is 2.70. The van der Waals surface area contributed by atoms with Crippen molar-refractivity contribution in [2.75, 3.05) is 19.6 Å². The van der Waals surface area contributed by atoms with E-state index in [4.69, 9.17) is 5.73 Å². The molecule has 1 fully saturated rings. The molecule has 0 aromatic heterocycles. The summed E-state index contributed by atoms with van der Waals surface area (Å²) in [6.07, 6.45) is -0.415. The molecule has 0 aromatic carbocycles. The number of rotatable bonds is 6. The van der Waals surface area contributed by atoms with Crippen LogP contribution >= 0.6 is 0 Å². The molecule has 1 saturated heterocycles. The van der Waals surface area contributed by atoms with Crippen LogP contribution in [0, 0.1) is 5.92 Å². The van der Waals surface area contributed by atoms with Gasteiger partial charge in [-0.15, -0.1) is 0 Å². The highest BCUT2D eigenvalue weighted by Gasteiger charge is 2.27. The number of piperidine rings is 1. The Kier molecular flexibility index (Phi) is 6.43. The van der Waals surface area contributed by atoms with E-state index in [0.29, 0.717) is 12.3 Å². The van der Waals surface area contributed by atoms with Gasteiger partial charge >= 0.3 is 6.18 Å². The van der Waals surface area contributed by atoms with Crippen LogP contribution in [0.15, 0.2) is 0 Å². The average Bonchev–Trinajstić information content (AvgIpc) is 2.28. The van der Waals surface area contributed by atoms with Crippen LogP contribution in [-0.4, -0.2) is 36.8 Å². The second kappa shape index (κ2) is 7.34. The molecule has 1 heterocycles. The summed E-state index contributed by atoms with van der Waals surface area (Å²) in [7, 11) is 0. The van der Waals surface area contributed by atoms with Crippen molar-refractivity contribution in [3.8, 4) is 0 Å². The van der Waals surface area contributed by atoms with Gasteiger partial charge in [-0.2, -0.15) is 13.2 Å². The predicted octanol–water partition coefficient (Wildman–Crippen LogP) is 3.17. The number of hydrogen-bond acceptors (Lipinski definition) is 2. The number of likely N-dealkylation sites (tertiary alicyclic amines) is 1. The molecule has 0 bridgehead atoms. The quantitative estimate of drug-likeness (QED) is 0.800. The molecule has 0 amide bonds. The van der Waals surface area contributed by atoms with Gasteiger partial charge in [0.25, 0.3) is 0 Å². The largest absolute Gasteiger partial charge is 0.389 e. The molecule has 1 unspecified atom stereocenters. The van der Waals surface area contributed by atoms with Gasteiger partial charge in [0, 0.05) is 12.5 Å². The summed E-state index contributed by atoms with van der Waals surface area (Å²) < 4.78 is 36.2. The minimum Gasteiger partial charge on any atom is -0.330 e. The predicted molar refractivity (Wildman–Crippen MR) is 67.3 cm³/mol. The first-order valence-electron chi connectivity index (χ1n) is 6.93. The molecule has 1 atom stereocenters. The fraction of sp³-hybridized carbons (Fsp3) is 1.00. The molecular formula is C13H25F3N2. The fourth-order valence-electron chi connectivity index (χ4n) is 2.70. The second-order valence-corrected chi connectivity index (χ2v) is 5.41. The van der Waals surface area contributed by atoms with Crippen LogP contribution in [0.2, 0.25) is 0 Å². The highest BCUT2D eigenvalue weighted by atomic mass is 19.4. The Morgan fingerprint density at radius 3 is 2.39 bits per heavy atom. The van der Waals surface area contributed by atoms with Crippen molar-refractivity contribution < 1.29 is 13.2 Å². The molecule has 0 radical (unpaired) electrons. The van der Waals surface area contributed by atoms with E-state index in [-0.39, 0.29) is 12.5 Å². The molecule has 0 spiro atoms. The molecule has 18 heavy (non-hydrogen) atoms. The summed E-state index contributed by atoms with van der Waals surface area (Å²) >= 11 is 0. The zero-order valence-corrected chi connectivity index (χ0v) is 11.2. The van der Waals surface area contributed by atoms with E-state index in [1.54, 1.807) is 0 Å². The van der Waals surface area contributed by atoms with Gasteiger partial charge < -0.3 is 10.6 Å². The van der Waals surface area contributed by atoms with E-state index < -0.39 is 12.6 Å². The number of nitrogens with zero attached hydrogens (tertiary/aromatic N) is 1. The van der Waals surface area contributed by atoms with Gasteiger partial charge in [-0.1, -0.05) is 0 Å². The summed E-state index contributed by atoms with van der Waals surface area (Å²) in [5, 5.41) is 0. The SMILES string of the molecule is CC(CCCC(F)(F)F)N1CCC(CCN)CC1. The number of hydrogen-bond donors (Lipinski definition) is 1. The minimum atomic E-state index is -4.01. The highest BCUT2D eigenvalue weighted by Crippen LogP contribution is 2.25. The first kappa shape index (κ1) is 15.8. The second-order valence-electron chi connectivity index (χ2n) is 5.41. The summed E-state index contributed by atoms with van der Waals surface area (Å²) in [5.74, 6) is 0.716. The molecule has 0 aromatic rings. The lowest BCUT2D eigenvalue weighted by Gasteiger charge is -2.36. The minimum absolute atomic E-state index is 0.243. The van der Waals surface area contributed by atoms with Gasteiger partial charge in [0.15, 0.2) is 0 Å². The summed E-state index contributed by atoms with van der Waals surface area (Å²) in [4.78, 5) is 2.32. The van der Waals surface area contributed by atoms with Crippen molar-refractivity contribution in [2.45, 2.75) is 57.7 Å². The molecule has 5 heteroatoms. The van der Waals surface area contributed by atoms with Gasteiger partial charge in [0.1, 0.15) is 0 Å². The Balaban J connectivity index is 2.17. The number of nitrogens with two attached hydrogens (primary N) is 1. The molecular weight excluding hydrogens is 241 g/mol. The van der Waals surface area contributed by atoms with Crippen molar-refractivity contribution in [2.24, 2.45) is 11.7 Å². The maximum absolute atomic E-state index is 12.1. The Hall–Kier alpha value is -0.290. The van der Waals surface area contributed by atoms with Gasteiger partial charge in [0.2, 0.25) is 0 Å². The molecule has 1 aliphatic rings. The smallest absolute Gasteiger partial charge is 0.330 e. The summed E-state index contributed by atoms with van der Waals surface area (Å²) in [5.41, 5.74) is 5.54. The van der Waals surface area contributed by atoms with Gasteiger partial charge in [-0.3, -0.25) is 0 Å². The van der Waals surface area contributed by atoms with Crippen molar-refractivity contribution in [3.63, 3.8) is 0 Å². The lowest BCUT2D eigenvalue weighted by molar-refractivity contribution is -0.136. The van der Waals surface area contributed by atoms with E-state index in [9.17, 15) is 13.2 Å². The lowest BCUT2D eigenvalue weighted by Crippen LogP contribution is -2.40. The molecule has 2 nitrogen and oxygen atoms in total. The van der Waals surface area contributed by atoms with Crippen molar-refractivity contribution in [1.82, 2.24) is 4.90 Å². The third-order valence-corrected chi connectivity index (χ3v) is 3.93. The van der Waals surface area contributed by atoms with E-state index in [0.717, 1.165) is 38.9 Å². The summed E-state index contributed by atoms with van der Waals surface area (Å²) in [6.45, 7) is 4.81. The third kappa shape index (κ3) is 6.05. The van der Waals surface area contributed by atoms with E-state index >= 15 is 0 Å². The highest BCUT2D eigenvalue weighted by molar-refractivity contribution is 4.76. The molecule has 0 aliphatic carbocycles. The Labute approximate surface area is 108 Å². The maximum atomic E-state index is 12.1. The molecule has 2 N–H and O–H groups in total. The van der Waals surface area contributed by atoms with Crippen LogP contribution in [0.4, 0.5) is 13.2 Å². The van der Waals surface area contributed by atoms with Crippen LogP contribution < -0.4 is 5.73 Å². The molecule has 0 saturated carbocycles. The zero-order valence-electron chi connectivity index (χ0n) is 11.2. The molecule has 1 aliphatic heterocycles. The van der Waals surface area contributed by atoms with E-state index in [1.807, 2.05) is 6.92 Å². The van der Waals surface area contributed by atoms with Crippen molar-refractivity contribution in [3.05, 3.63) is 0 Å². The Morgan fingerprint density at radius 2 is 1.89 bits per heavy atom. The van der Waals surface area contributed by atoms with E-state index in [2.05, 4.69) is 4.90 Å². The first-order chi connectivity index (χ1) is 8.42. The van der Waals surface area contributed by atoms with Crippen LogP contribution in [-0.2, 0) is 0 Å².